The quantitative estimate of drug-likeness (QED) is 0.675. The topological polar surface area (TPSA) is 57.5 Å². The van der Waals surface area contributed by atoms with Gasteiger partial charge in [-0.15, -0.1) is 0 Å². The first-order valence-electron chi connectivity index (χ1n) is 9.14. The normalized spacial score (nSPS) is 57.0. The monoisotopic (exact) mass is 318 g/mol. The van der Waals surface area contributed by atoms with Crippen molar-refractivity contribution in [3.05, 3.63) is 12.2 Å². The van der Waals surface area contributed by atoms with Crippen LogP contribution in [-0.2, 0) is 4.79 Å². The molecular formula is C20H30O3. The summed E-state index contributed by atoms with van der Waals surface area (Å²) in [6.07, 6.45) is 7.92. The number of Topliss-reactive ketones (excluding diaryl/α,β-unsaturated/α-hetero) is 1. The molecule has 0 aromatic rings. The molecule has 0 aromatic carbocycles. The van der Waals surface area contributed by atoms with Crippen molar-refractivity contribution in [2.24, 2.45) is 33.5 Å². The molecule has 4 aliphatic carbocycles. The van der Waals surface area contributed by atoms with Crippen molar-refractivity contribution in [2.75, 3.05) is 0 Å². The molecule has 3 heteroatoms. The van der Waals surface area contributed by atoms with E-state index in [-0.39, 0.29) is 33.5 Å². The maximum atomic E-state index is 12.6. The van der Waals surface area contributed by atoms with Gasteiger partial charge in [0, 0.05) is 17.3 Å². The summed E-state index contributed by atoms with van der Waals surface area (Å²) >= 11 is 0. The number of aliphatic hydroxyl groups excluding tert-OH is 2. The van der Waals surface area contributed by atoms with Crippen molar-refractivity contribution >= 4 is 5.78 Å². The SMILES string of the molecule is CC12C=CC3(CCC4C(C)(C)C(O)C(=O)CC4(C)C3CC1O)C2. The predicted octanol–water partition coefficient (Wildman–Crippen LogP) is 3.10. The summed E-state index contributed by atoms with van der Waals surface area (Å²) in [6.45, 7) is 8.55. The summed E-state index contributed by atoms with van der Waals surface area (Å²) in [5, 5.41) is 21.2. The van der Waals surface area contributed by atoms with Crippen molar-refractivity contribution in [3.8, 4) is 0 Å². The number of ketones is 1. The summed E-state index contributed by atoms with van der Waals surface area (Å²) < 4.78 is 0. The van der Waals surface area contributed by atoms with Gasteiger partial charge in [0.25, 0.3) is 0 Å². The third-order valence-electron chi connectivity index (χ3n) is 8.37. The molecule has 0 radical (unpaired) electrons. The van der Waals surface area contributed by atoms with Crippen LogP contribution in [0.5, 0.6) is 0 Å². The second-order valence-corrected chi connectivity index (χ2v) is 10.0. The molecule has 2 bridgehead atoms. The van der Waals surface area contributed by atoms with E-state index in [1.165, 1.54) is 0 Å². The molecule has 3 saturated carbocycles. The number of allylic oxidation sites excluding steroid dienone is 1. The Labute approximate surface area is 139 Å². The minimum Gasteiger partial charge on any atom is -0.392 e. The van der Waals surface area contributed by atoms with E-state index in [1.54, 1.807) is 0 Å². The van der Waals surface area contributed by atoms with Gasteiger partial charge in [-0.05, 0) is 48.3 Å². The third-order valence-corrected chi connectivity index (χ3v) is 8.37. The zero-order chi connectivity index (χ0) is 16.8. The lowest BCUT2D eigenvalue weighted by molar-refractivity contribution is -0.193. The highest BCUT2D eigenvalue weighted by Crippen LogP contribution is 2.71. The van der Waals surface area contributed by atoms with Gasteiger partial charge in [0.1, 0.15) is 6.10 Å². The van der Waals surface area contributed by atoms with Gasteiger partial charge in [-0.1, -0.05) is 39.8 Å². The smallest absolute Gasteiger partial charge is 0.162 e. The Morgan fingerprint density at radius 1 is 1.09 bits per heavy atom. The third kappa shape index (κ3) is 1.76. The molecule has 7 unspecified atom stereocenters. The van der Waals surface area contributed by atoms with Gasteiger partial charge < -0.3 is 10.2 Å². The average Bonchev–Trinajstić information content (AvgIpc) is 2.75. The van der Waals surface area contributed by atoms with E-state index in [4.69, 9.17) is 0 Å². The van der Waals surface area contributed by atoms with Crippen LogP contribution < -0.4 is 0 Å². The Kier molecular flexibility index (Phi) is 2.95. The highest BCUT2D eigenvalue weighted by molar-refractivity contribution is 5.85. The van der Waals surface area contributed by atoms with Crippen LogP contribution in [0.25, 0.3) is 0 Å². The van der Waals surface area contributed by atoms with Gasteiger partial charge in [-0.3, -0.25) is 4.79 Å². The molecule has 0 heterocycles. The van der Waals surface area contributed by atoms with Crippen LogP contribution in [0.4, 0.5) is 0 Å². The maximum Gasteiger partial charge on any atom is 0.162 e. The minimum atomic E-state index is -0.840. The molecule has 0 aliphatic heterocycles. The summed E-state index contributed by atoms with van der Waals surface area (Å²) in [6, 6.07) is 0. The van der Waals surface area contributed by atoms with Gasteiger partial charge in [0.2, 0.25) is 0 Å². The van der Waals surface area contributed by atoms with E-state index in [0.29, 0.717) is 18.3 Å². The molecule has 0 amide bonds. The van der Waals surface area contributed by atoms with Crippen LogP contribution in [0.15, 0.2) is 12.2 Å². The average molecular weight is 318 g/mol. The van der Waals surface area contributed by atoms with Gasteiger partial charge in [-0.25, -0.2) is 0 Å². The summed E-state index contributed by atoms with van der Waals surface area (Å²) in [5.74, 6) is 0.672. The summed E-state index contributed by atoms with van der Waals surface area (Å²) in [4.78, 5) is 12.6. The zero-order valence-corrected chi connectivity index (χ0v) is 14.8. The number of hydrogen-bond acceptors (Lipinski definition) is 3. The van der Waals surface area contributed by atoms with Crippen LogP contribution in [0.2, 0.25) is 0 Å². The Balaban J connectivity index is 1.80. The van der Waals surface area contributed by atoms with E-state index < -0.39 is 6.10 Å². The first-order chi connectivity index (χ1) is 10.6. The number of aliphatic hydroxyl groups is 2. The van der Waals surface area contributed by atoms with E-state index >= 15 is 0 Å². The van der Waals surface area contributed by atoms with Crippen molar-refractivity contribution in [3.63, 3.8) is 0 Å². The molecule has 4 aliphatic rings. The number of hydrogen-bond donors (Lipinski definition) is 2. The highest BCUT2D eigenvalue weighted by Gasteiger charge is 2.67. The summed E-state index contributed by atoms with van der Waals surface area (Å²) in [5.41, 5.74) is -0.431. The molecule has 128 valence electrons. The number of carbonyl (C=O) groups excluding carboxylic acids is 1. The maximum absolute atomic E-state index is 12.6. The zero-order valence-electron chi connectivity index (χ0n) is 14.8. The molecule has 4 rings (SSSR count). The number of rotatable bonds is 0. The Hall–Kier alpha value is -0.670. The predicted molar refractivity (Wildman–Crippen MR) is 88.7 cm³/mol. The largest absolute Gasteiger partial charge is 0.392 e. The van der Waals surface area contributed by atoms with E-state index in [2.05, 4.69) is 39.8 Å². The molecule has 1 spiro atoms. The molecule has 23 heavy (non-hydrogen) atoms. The van der Waals surface area contributed by atoms with Crippen LogP contribution in [0, 0.1) is 33.5 Å². The summed E-state index contributed by atoms with van der Waals surface area (Å²) in [7, 11) is 0. The van der Waals surface area contributed by atoms with Crippen LogP contribution >= 0.6 is 0 Å². The second kappa shape index (κ2) is 4.29. The Morgan fingerprint density at radius 2 is 1.78 bits per heavy atom. The van der Waals surface area contributed by atoms with E-state index in [1.807, 2.05) is 0 Å². The fourth-order valence-corrected chi connectivity index (χ4v) is 7.18. The Bertz CT molecular complexity index is 594. The van der Waals surface area contributed by atoms with Crippen molar-refractivity contribution in [1.29, 1.82) is 0 Å². The molecule has 3 fully saturated rings. The lowest BCUT2D eigenvalue weighted by atomic mass is 9.39. The van der Waals surface area contributed by atoms with Gasteiger partial charge >= 0.3 is 0 Å². The number of carbonyl (C=O) groups is 1. The van der Waals surface area contributed by atoms with Crippen LogP contribution in [0.3, 0.4) is 0 Å². The fraction of sp³-hybridized carbons (Fsp3) is 0.850. The van der Waals surface area contributed by atoms with Crippen LogP contribution in [0.1, 0.15) is 59.8 Å². The molecule has 0 saturated heterocycles. The van der Waals surface area contributed by atoms with Crippen molar-refractivity contribution < 1.29 is 15.0 Å². The van der Waals surface area contributed by atoms with Gasteiger partial charge in [0.05, 0.1) is 6.10 Å². The lowest BCUT2D eigenvalue weighted by Crippen LogP contribution is -2.63. The fourth-order valence-electron chi connectivity index (χ4n) is 7.18. The molecule has 2 N–H and O–H groups in total. The van der Waals surface area contributed by atoms with Crippen molar-refractivity contribution in [1.82, 2.24) is 0 Å². The first kappa shape index (κ1) is 15.8. The standard InChI is InChI=1S/C20H30O3/c1-17(2)13-5-6-20-8-7-18(3,11-20)15(22)9-14(20)19(13,4)10-12(21)16(17)23/h7-8,13-16,22-23H,5-6,9-11H2,1-4H3. The van der Waals surface area contributed by atoms with Gasteiger partial charge in [-0.2, -0.15) is 0 Å². The molecular weight excluding hydrogens is 288 g/mol. The lowest BCUT2D eigenvalue weighted by Gasteiger charge is -2.65. The minimum absolute atomic E-state index is 0.00407. The van der Waals surface area contributed by atoms with Crippen LogP contribution in [-0.4, -0.2) is 28.2 Å². The second-order valence-electron chi connectivity index (χ2n) is 10.0. The van der Waals surface area contributed by atoms with E-state index in [0.717, 1.165) is 25.7 Å². The van der Waals surface area contributed by atoms with Gasteiger partial charge in [0.15, 0.2) is 5.78 Å². The molecule has 7 atom stereocenters. The van der Waals surface area contributed by atoms with E-state index in [9.17, 15) is 15.0 Å². The molecule has 0 aromatic heterocycles. The highest BCUT2D eigenvalue weighted by atomic mass is 16.3. The first-order valence-corrected chi connectivity index (χ1v) is 9.14. The molecule has 3 nitrogen and oxygen atoms in total. The van der Waals surface area contributed by atoms with Crippen molar-refractivity contribution in [2.45, 2.75) is 72.0 Å². The Morgan fingerprint density at radius 3 is 2.48 bits per heavy atom. The number of fused-ring (bicyclic) bond motifs is 3.